The molecular formula is C14H21NO. The molecule has 0 aromatic heterocycles. The van der Waals surface area contributed by atoms with Crippen LogP contribution in [-0.2, 0) is 6.42 Å². The van der Waals surface area contributed by atoms with Gasteiger partial charge in [-0.15, -0.1) is 0 Å². The highest BCUT2D eigenvalue weighted by Crippen LogP contribution is 2.30. The van der Waals surface area contributed by atoms with Crippen LogP contribution in [0, 0.1) is 6.92 Å². The van der Waals surface area contributed by atoms with Crippen molar-refractivity contribution in [3.8, 4) is 0 Å². The van der Waals surface area contributed by atoms with Crippen molar-refractivity contribution in [3.63, 3.8) is 0 Å². The molecule has 1 aliphatic heterocycles. The average Bonchev–Trinajstić information content (AvgIpc) is 2.27. The Morgan fingerprint density at radius 1 is 1.50 bits per heavy atom. The maximum Gasteiger partial charge on any atom is 0.0756 e. The van der Waals surface area contributed by atoms with Crippen molar-refractivity contribution in [2.45, 2.75) is 45.8 Å². The quantitative estimate of drug-likeness (QED) is 0.826. The summed E-state index contributed by atoms with van der Waals surface area (Å²) < 4.78 is 0. The van der Waals surface area contributed by atoms with E-state index in [1.54, 1.807) is 0 Å². The molecule has 0 saturated heterocycles. The molecular weight excluding hydrogens is 198 g/mol. The van der Waals surface area contributed by atoms with Crippen LogP contribution in [0.5, 0.6) is 0 Å². The van der Waals surface area contributed by atoms with E-state index in [2.05, 4.69) is 43.9 Å². The van der Waals surface area contributed by atoms with Gasteiger partial charge in [0.05, 0.1) is 6.10 Å². The second-order valence-corrected chi connectivity index (χ2v) is 4.90. The molecule has 1 N–H and O–H groups in total. The third-order valence-corrected chi connectivity index (χ3v) is 3.54. The topological polar surface area (TPSA) is 23.5 Å². The minimum absolute atomic E-state index is 0.218. The molecule has 0 saturated carbocycles. The number of β-amino-alcohol motifs (C(OH)–C–C–N with tert-alkyl or cyclic N) is 1. The minimum Gasteiger partial charge on any atom is -0.391 e. The Bertz CT molecular complexity index is 375. The summed E-state index contributed by atoms with van der Waals surface area (Å²) in [6.45, 7) is 7.32. The van der Waals surface area contributed by atoms with E-state index in [0.29, 0.717) is 6.04 Å². The Morgan fingerprint density at radius 2 is 2.25 bits per heavy atom. The molecule has 0 aliphatic carbocycles. The lowest BCUT2D eigenvalue weighted by atomic mass is 9.96. The molecule has 1 aromatic rings. The van der Waals surface area contributed by atoms with Crippen LogP contribution in [0.1, 0.15) is 31.4 Å². The third kappa shape index (κ3) is 2.07. The van der Waals surface area contributed by atoms with Gasteiger partial charge in [-0.2, -0.15) is 0 Å². The van der Waals surface area contributed by atoms with E-state index in [4.69, 9.17) is 0 Å². The lowest BCUT2D eigenvalue weighted by Crippen LogP contribution is -2.43. The van der Waals surface area contributed by atoms with Gasteiger partial charge in [-0.05, 0) is 37.5 Å². The average molecular weight is 219 g/mol. The van der Waals surface area contributed by atoms with Gasteiger partial charge in [-0.3, -0.25) is 0 Å². The Balaban J connectivity index is 2.39. The highest BCUT2D eigenvalue weighted by Gasteiger charge is 2.25. The van der Waals surface area contributed by atoms with Gasteiger partial charge in [0.1, 0.15) is 0 Å². The van der Waals surface area contributed by atoms with E-state index in [0.717, 1.165) is 19.4 Å². The van der Waals surface area contributed by atoms with Crippen molar-refractivity contribution in [2.24, 2.45) is 0 Å². The summed E-state index contributed by atoms with van der Waals surface area (Å²) in [4.78, 5) is 2.34. The highest BCUT2D eigenvalue weighted by atomic mass is 16.3. The molecule has 0 bridgehead atoms. The maximum absolute atomic E-state index is 9.90. The first-order chi connectivity index (χ1) is 7.61. The predicted molar refractivity (Wildman–Crippen MR) is 68.0 cm³/mol. The number of benzene rings is 1. The predicted octanol–water partition coefficient (Wildman–Crippen LogP) is 2.52. The third-order valence-electron chi connectivity index (χ3n) is 3.54. The van der Waals surface area contributed by atoms with Gasteiger partial charge in [0, 0.05) is 24.7 Å². The zero-order valence-electron chi connectivity index (χ0n) is 10.4. The van der Waals surface area contributed by atoms with Crippen molar-refractivity contribution in [3.05, 3.63) is 29.3 Å². The molecule has 2 rings (SSSR count). The number of hydrogen-bond donors (Lipinski definition) is 1. The highest BCUT2D eigenvalue weighted by molar-refractivity contribution is 5.58. The number of fused-ring (bicyclic) bond motifs is 1. The number of aliphatic hydroxyl groups excluding tert-OH is 1. The van der Waals surface area contributed by atoms with E-state index in [9.17, 15) is 5.11 Å². The Labute approximate surface area is 97.9 Å². The SMILES string of the molecule is CC[C@@H](C)N1C[C@H](O)Cc2ccc(C)cc21. The van der Waals surface area contributed by atoms with Gasteiger partial charge >= 0.3 is 0 Å². The fraction of sp³-hybridized carbons (Fsp3) is 0.571. The molecule has 2 heteroatoms. The summed E-state index contributed by atoms with van der Waals surface area (Å²) in [6, 6.07) is 7.03. The standard InChI is InChI=1S/C14H21NO/c1-4-11(3)15-9-13(16)8-12-6-5-10(2)7-14(12)15/h5-7,11,13,16H,4,8-9H2,1-3H3/t11-,13-/m1/s1. The number of hydrogen-bond acceptors (Lipinski definition) is 2. The summed E-state index contributed by atoms with van der Waals surface area (Å²) in [5.74, 6) is 0. The largest absolute Gasteiger partial charge is 0.391 e. The van der Waals surface area contributed by atoms with Crippen molar-refractivity contribution >= 4 is 5.69 Å². The summed E-state index contributed by atoms with van der Waals surface area (Å²) in [7, 11) is 0. The number of aryl methyl sites for hydroxylation is 1. The minimum atomic E-state index is -0.218. The molecule has 0 radical (unpaired) electrons. The summed E-state index contributed by atoms with van der Waals surface area (Å²) in [6.07, 6.45) is 1.69. The lowest BCUT2D eigenvalue weighted by Gasteiger charge is -2.38. The van der Waals surface area contributed by atoms with Crippen LogP contribution in [-0.4, -0.2) is 23.8 Å². The van der Waals surface area contributed by atoms with Gasteiger partial charge in [0.25, 0.3) is 0 Å². The van der Waals surface area contributed by atoms with Gasteiger partial charge in [0.15, 0.2) is 0 Å². The van der Waals surface area contributed by atoms with E-state index in [-0.39, 0.29) is 6.10 Å². The van der Waals surface area contributed by atoms with Gasteiger partial charge in [-0.1, -0.05) is 19.1 Å². The maximum atomic E-state index is 9.90. The first-order valence-electron chi connectivity index (χ1n) is 6.16. The second-order valence-electron chi connectivity index (χ2n) is 4.90. The van der Waals surface area contributed by atoms with Crippen LogP contribution in [0.4, 0.5) is 5.69 Å². The van der Waals surface area contributed by atoms with Crippen LogP contribution in [0.2, 0.25) is 0 Å². The van der Waals surface area contributed by atoms with Gasteiger partial charge in [0.2, 0.25) is 0 Å². The van der Waals surface area contributed by atoms with Crippen LogP contribution in [0.3, 0.4) is 0 Å². The number of aliphatic hydroxyl groups is 1. The van der Waals surface area contributed by atoms with Crippen molar-refractivity contribution in [1.29, 1.82) is 0 Å². The first-order valence-corrected chi connectivity index (χ1v) is 6.16. The Hall–Kier alpha value is -1.02. The van der Waals surface area contributed by atoms with E-state index in [1.165, 1.54) is 16.8 Å². The van der Waals surface area contributed by atoms with E-state index < -0.39 is 0 Å². The molecule has 0 fully saturated rings. The zero-order valence-corrected chi connectivity index (χ0v) is 10.4. The molecule has 0 unspecified atom stereocenters. The molecule has 16 heavy (non-hydrogen) atoms. The molecule has 1 aromatic carbocycles. The van der Waals surface area contributed by atoms with Gasteiger partial charge < -0.3 is 10.0 Å². The molecule has 2 nitrogen and oxygen atoms in total. The number of anilines is 1. The van der Waals surface area contributed by atoms with Crippen LogP contribution in [0.25, 0.3) is 0 Å². The van der Waals surface area contributed by atoms with Crippen LogP contribution < -0.4 is 4.90 Å². The Kier molecular flexibility index (Phi) is 3.20. The van der Waals surface area contributed by atoms with Crippen molar-refractivity contribution in [2.75, 3.05) is 11.4 Å². The fourth-order valence-electron chi connectivity index (χ4n) is 2.40. The molecule has 2 atom stereocenters. The fourth-order valence-corrected chi connectivity index (χ4v) is 2.40. The smallest absolute Gasteiger partial charge is 0.0756 e. The number of nitrogens with zero attached hydrogens (tertiary/aromatic N) is 1. The van der Waals surface area contributed by atoms with Crippen LogP contribution >= 0.6 is 0 Å². The molecule has 88 valence electrons. The first kappa shape index (κ1) is 11.5. The number of rotatable bonds is 2. The summed E-state index contributed by atoms with van der Waals surface area (Å²) in [5, 5.41) is 9.90. The van der Waals surface area contributed by atoms with Gasteiger partial charge in [-0.25, -0.2) is 0 Å². The molecule has 0 amide bonds. The second kappa shape index (κ2) is 4.46. The normalized spacial score (nSPS) is 21.8. The molecule has 1 heterocycles. The molecule has 0 spiro atoms. The van der Waals surface area contributed by atoms with E-state index >= 15 is 0 Å². The van der Waals surface area contributed by atoms with Crippen molar-refractivity contribution < 1.29 is 5.11 Å². The van der Waals surface area contributed by atoms with Crippen molar-refractivity contribution in [1.82, 2.24) is 0 Å². The Morgan fingerprint density at radius 3 is 2.94 bits per heavy atom. The summed E-state index contributed by atoms with van der Waals surface area (Å²) >= 11 is 0. The van der Waals surface area contributed by atoms with Crippen LogP contribution in [0.15, 0.2) is 18.2 Å². The van der Waals surface area contributed by atoms with E-state index in [1.807, 2.05) is 0 Å². The monoisotopic (exact) mass is 219 g/mol. The lowest BCUT2D eigenvalue weighted by molar-refractivity contribution is 0.172. The summed E-state index contributed by atoms with van der Waals surface area (Å²) in [5.41, 5.74) is 3.90. The molecule has 1 aliphatic rings. The zero-order chi connectivity index (χ0) is 11.7.